The Balaban J connectivity index is 1.73. The number of benzene rings is 2. The number of ether oxygens (including phenoxy) is 1. The summed E-state index contributed by atoms with van der Waals surface area (Å²) in [7, 11) is 0. The maximum atomic E-state index is 12.8. The van der Waals surface area contributed by atoms with Gasteiger partial charge in [0.1, 0.15) is 6.61 Å². The van der Waals surface area contributed by atoms with Gasteiger partial charge in [-0.05, 0) is 30.5 Å². The van der Waals surface area contributed by atoms with Gasteiger partial charge in [0.25, 0.3) is 0 Å². The lowest BCUT2D eigenvalue weighted by molar-refractivity contribution is -0.147. The number of rotatable bonds is 5. The van der Waals surface area contributed by atoms with Gasteiger partial charge >= 0.3 is 5.97 Å². The first-order valence-corrected chi connectivity index (χ1v) is 8.33. The van der Waals surface area contributed by atoms with Gasteiger partial charge in [-0.25, -0.2) is 0 Å². The van der Waals surface area contributed by atoms with Crippen molar-refractivity contribution in [2.75, 3.05) is 6.54 Å². The standard InChI is InChI=1S/C20H23NO2/c22-20(23-15-16-9-3-1-4-10-16)19(17-11-5-2-6-12-17)18-13-7-8-14-21-18/h1-6,9-12,18-19,21H,7-8,13-15H2/t18-,19-/m1/s1. The highest BCUT2D eigenvalue weighted by Gasteiger charge is 2.32. The zero-order valence-electron chi connectivity index (χ0n) is 13.3. The molecular weight excluding hydrogens is 286 g/mol. The molecule has 23 heavy (non-hydrogen) atoms. The molecule has 0 aromatic heterocycles. The van der Waals surface area contributed by atoms with E-state index in [0.717, 1.165) is 30.5 Å². The van der Waals surface area contributed by atoms with Crippen LogP contribution in [0, 0.1) is 0 Å². The van der Waals surface area contributed by atoms with Gasteiger partial charge in [0, 0.05) is 6.04 Å². The van der Waals surface area contributed by atoms with Crippen molar-refractivity contribution in [2.45, 2.75) is 37.8 Å². The van der Waals surface area contributed by atoms with Crippen LogP contribution in [0.15, 0.2) is 60.7 Å². The number of piperidine rings is 1. The third-order valence-electron chi connectivity index (χ3n) is 4.39. The number of hydrogen-bond acceptors (Lipinski definition) is 3. The highest BCUT2D eigenvalue weighted by Crippen LogP contribution is 2.27. The normalized spacial score (nSPS) is 19.0. The first kappa shape index (κ1) is 15.8. The Labute approximate surface area is 137 Å². The molecule has 0 radical (unpaired) electrons. The average molecular weight is 309 g/mol. The zero-order valence-corrected chi connectivity index (χ0v) is 13.3. The van der Waals surface area contributed by atoms with Gasteiger partial charge in [0.15, 0.2) is 0 Å². The zero-order chi connectivity index (χ0) is 15.9. The third-order valence-corrected chi connectivity index (χ3v) is 4.39. The second-order valence-electron chi connectivity index (χ2n) is 6.04. The van der Waals surface area contributed by atoms with Gasteiger partial charge in [-0.1, -0.05) is 67.1 Å². The van der Waals surface area contributed by atoms with Crippen LogP contribution in [-0.2, 0) is 16.1 Å². The van der Waals surface area contributed by atoms with Gasteiger partial charge in [-0.15, -0.1) is 0 Å². The first-order valence-electron chi connectivity index (χ1n) is 8.33. The summed E-state index contributed by atoms with van der Waals surface area (Å²) in [6.45, 7) is 1.30. The van der Waals surface area contributed by atoms with Crippen LogP contribution < -0.4 is 5.32 Å². The average Bonchev–Trinajstić information content (AvgIpc) is 2.63. The van der Waals surface area contributed by atoms with E-state index in [4.69, 9.17) is 4.74 Å². The summed E-state index contributed by atoms with van der Waals surface area (Å²) < 4.78 is 5.62. The molecule has 1 heterocycles. The molecule has 1 aliphatic rings. The van der Waals surface area contributed by atoms with Crippen molar-refractivity contribution in [3.8, 4) is 0 Å². The lowest BCUT2D eigenvalue weighted by Gasteiger charge is -2.30. The fourth-order valence-electron chi connectivity index (χ4n) is 3.17. The molecule has 2 aromatic carbocycles. The predicted molar refractivity (Wildman–Crippen MR) is 91.1 cm³/mol. The maximum absolute atomic E-state index is 12.8. The van der Waals surface area contributed by atoms with E-state index in [0.29, 0.717) is 6.61 Å². The Kier molecular flexibility index (Phi) is 5.43. The Morgan fingerprint density at radius 1 is 1.04 bits per heavy atom. The molecule has 1 aliphatic heterocycles. The third kappa shape index (κ3) is 4.20. The Morgan fingerprint density at radius 2 is 1.74 bits per heavy atom. The minimum atomic E-state index is -0.236. The number of carbonyl (C=O) groups excluding carboxylic acids is 1. The predicted octanol–water partition coefficient (Wildman–Crippen LogP) is 3.66. The summed E-state index contributed by atoms with van der Waals surface area (Å²) in [6, 6.07) is 20.0. The number of hydrogen-bond donors (Lipinski definition) is 1. The molecule has 0 spiro atoms. The number of carbonyl (C=O) groups is 1. The fraction of sp³-hybridized carbons (Fsp3) is 0.350. The van der Waals surface area contributed by atoms with E-state index < -0.39 is 0 Å². The van der Waals surface area contributed by atoms with Crippen LogP contribution in [0.3, 0.4) is 0 Å². The van der Waals surface area contributed by atoms with Gasteiger partial charge in [-0.3, -0.25) is 4.79 Å². The lowest BCUT2D eigenvalue weighted by Crippen LogP contribution is -2.42. The molecular formula is C20H23NO2. The smallest absolute Gasteiger partial charge is 0.315 e. The number of nitrogens with one attached hydrogen (secondary N) is 1. The summed E-state index contributed by atoms with van der Waals surface area (Å²) in [5, 5.41) is 3.50. The van der Waals surface area contributed by atoms with Crippen LogP contribution in [0.5, 0.6) is 0 Å². The van der Waals surface area contributed by atoms with Crippen LogP contribution in [0.4, 0.5) is 0 Å². The van der Waals surface area contributed by atoms with E-state index in [-0.39, 0.29) is 17.9 Å². The molecule has 2 aromatic rings. The molecule has 1 saturated heterocycles. The van der Waals surface area contributed by atoms with Crippen molar-refractivity contribution < 1.29 is 9.53 Å². The molecule has 0 aliphatic carbocycles. The molecule has 3 rings (SSSR count). The number of esters is 1. The van der Waals surface area contributed by atoms with E-state index >= 15 is 0 Å². The lowest BCUT2D eigenvalue weighted by atomic mass is 9.86. The van der Waals surface area contributed by atoms with Crippen molar-refractivity contribution >= 4 is 5.97 Å². The molecule has 0 bridgehead atoms. The van der Waals surface area contributed by atoms with E-state index in [1.165, 1.54) is 6.42 Å². The second kappa shape index (κ2) is 7.93. The van der Waals surface area contributed by atoms with Crippen molar-refractivity contribution in [1.29, 1.82) is 0 Å². The summed E-state index contributed by atoms with van der Waals surface area (Å²) in [5.74, 6) is -0.375. The van der Waals surface area contributed by atoms with Crippen LogP contribution in [0.25, 0.3) is 0 Å². The fourth-order valence-corrected chi connectivity index (χ4v) is 3.17. The molecule has 3 heteroatoms. The Hall–Kier alpha value is -2.13. The molecule has 1 N–H and O–H groups in total. The van der Waals surface area contributed by atoms with Crippen LogP contribution in [0.2, 0.25) is 0 Å². The van der Waals surface area contributed by atoms with Crippen molar-refractivity contribution in [1.82, 2.24) is 5.32 Å². The van der Waals surface area contributed by atoms with Crippen molar-refractivity contribution in [2.24, 2.45) is 0 Å². The van der Waals surface area contributed by atoms with E-state index in [1.54, 1.807) is 0 Å². The van der Waals surface area contributed by atoms with Gasteiger partial charge in [-0.2, -0.15) is 0 Å². The quantitative estimate of drug-likeness (QED) is 0.857. The Bertz CT molecular complexity index is 606. The molecule has 2 atom stereocenters. The molecule has 120 valence electrons. The van der Waals surface area contributed by atoms with Crippen LogP contribution in [-0.4, -0.2) is 18.6 Å². The van der Waals surface area contributed by atoms with Crippen LogP contribution in [0.1, 0.15) is 36.3 Å². The van der Waals surface area contributed by atoms with Gasteiger partial charge in [0.2, 0.25) is 0 Å². The molecule has 0 unspecified atom stereocenters. The minimum absolute atomic E-state index is 0.139. The molecule has 0 amide bonds. The van der Waals surface area contributed by atoms with Gasteiger partial charge in [0.05, 0.1) is 5.92 Å². The largest absolute Gasteiger partial charge is 0.460 e. The van der Waals surface area contributed by atoms with Crippen LogP contribution >= 0.6 is 0 Å². The van der Waals surface area contributed by atoms with Gasteiger partial charge < -0.3 is 10.1 Å². The monoisotopic (exact) mass is 309 g/mol. The van der Waals surface area contributed by atoms with E-state index in [2.05, 4.69) is 5.32 Å². The minimum Gasteiger partial charge on any atom is -0.460 e. The topological polar surface area (TPSA) is 38.3 Å². The summed E-state index contributed by atoms with van der Waals surface area (Å²) in [5.41, 5.74) is 2.05. The molecule has 1 fully saturated rings. The summed E-state index contributed by atoms with van der Waals surface area (Å²) in [6.07, 6.45) is 3.35. The van der Waals surface area contributed by atoms with Crippen molar-refractivity contribution in [3.63, 3.8) is 0 Å². The molecule has 0 saturated carbocycles. The van der Waals surface area contributed by atoms with E-state index in [9.17, 15) is 4.79 Å². The SMILES string of the molecule is O=C(OCc1ccccc1)[C@H](c1ccccc1)[C@H]1CCCCN1. The highest BCUT2D eigenvalue weighted by atomic mass is 16.5. The second-order valence-corrected chi connectivity index (χ2v) is 6.04. The van der Waals surface area contributed by atoms with Crippen molar-refractivity contribution in [3.05, 3.63) is 71.8 Å². The molecule has 3 nitrogen and oxygen atoms in total. The summed E-state index contributed by atoms with van der Waals surface area (Å²) >= 11 is 0. The maximum Gasteiger partial charge on any atom is 0.315 e. The van der Waals surface area contributed by atoms with E-state index in [1.807, 2.05) is 60.7 Å². The Morgan fingerprint density at radius 3 is 2.39 bits per heavy atom. The first-order chi connectivity index (χ1) is 11.3. The summed E-state index contributed by atoms with van der Waals surface area (Å²) in [4.78, 5) is 12.8. The highest BCUT2D eigenvalue weighted by molar-refractivity contribution is 5.79.